The van der Waals surface area contributed by atoms with Crippen molar-refractivity contribution in [3.05, 3.63) is 46.2 Å². The van der Waals surface area contributed by atoms with E-state index in [-0.39, 0.29) is 12.2 Å². The molecule has 114 valence electrons. The van der Waals surface area contributed by atoms with E-state index < -0.39 is 12.7 Å². The third-order valence-corrected chi connectivity index (χ3v) is 3.61. The van der Waals surface area contributed by atoms with E-state index in [0.29, 0.717) is 22.0 Å². The zero-order valence-corrected chi connectivity index (χ0v) is 12.3. The molecule has 21 heavy (non-hydrogen) atoms. The van der Waals surface area contributed by atoms with Crippen LogP contribution in [0.25, 0.3) is 0 Å². The quantitative estimate of drug-likeness (QED) is 0.921. The van der Waals surface area contributed by atoms with Gasteiger partial charge < -0.3 is 9.84 Å². The minimum Gasteiger partial charge on any atom is -0.435 e. The van der Waals surface area contributed by atoms with E-state index >= 15 is 0 Å². The second-order valence-corrected chi connectivity index (χ2v) is 5.02. The van der Waals surface area contributed by atoms with Crippen LogP contribution in [0.3, 0.4) is 0 Å². The molecule has 4 nitrogen and oxygen atoms in total. The van der Waals surface area contributed by atoms with E-state index in [4.69, 9.17) is 11.6 Å². The summed E-state index contributed by atoms with van der Waals surface area (Å²) >= 11 is 6.13. The Kier molecular flexibility index (Phi) is 4.80. The third-order valence-electron chi connectivity index (χ3n) is 3.12. The molecule has 1 N–H and O–H groups in total. The van der Waals surface area contributed by atoms with Gasteiger partial charge in [0.25, 0.3) is 0 Å². The number of aliphatic hydroxyl groups is 1. The van der Waals surface area contributed by atoms with Crippen molar-refractivity contribution < 1.29 is 18.6 Å². The molecule has 0 fully saturated rings. The fraction of sp³-hybridized carbons (Fsp3) is 0.357. The molecule has 0 aliphatic carbocycles. The summed E-state index contributed by atoms with van der Waals surface area (Å²) in [6.45, 7) is -1.12. The summed E-state index contributed by atoms with van der Waals surface area (Å²) in [6, 6.07) is 5.98. The normalized spacial score (nSPS) is 12.7. The van der Waals surface area contributed by atoms with Crippen LogP contribution in [0.15, 0.2) is 24.3 Å². The maximum absolute atomic E-state index is 12.2. The fourth-order valence-corrected chi connectivity index (χ4v) is 2.34. The Morgan fingerprint density at radius 2 is 2.14 bits per heavy atom. The largest absolute Gasteiger partial charge is 0.435 e. The van der Waals surface area contributed by atoms with E-state index in [0.717, 1.165) is 0 Å². The zero-order chi connectivity index (χ0) is 15.6. The molecular weight excluding hydrogens is 302 g/mol. The van der Waals surface area contributed by atoms with Crippen LogP contribution in [0, 0.1) is 6.92 Å². The highest BCUT2D eigenvalue weighted by Gasteiger charge is 2.17. The highest BCUT2D eigenvalue weighted by molar-refractivity contribution is 6.31. The van der Waals surface area contributed by atoms with Gasteiger partial charge in [0, 0.05) is 13.5 Å². The van der Waals surface area contributed by atoms with Crippen LogP contribution in [0.1, 0.15) is 23.1 Å². The number of aryl methyl sites for hydroxylation is 2. The Balaban J connectivity index is 2.18. The third kappa shape index (κ3) is 3.71. The van der Waals surface area contributed by atoms with E-state index in [2.05, 4.69) is 9.84 Å². The van der Waals surface area contributed by atoms with Gasteiger partial charge in [0.15, 0.2) is 0 Å². The Labute approximate surface area is 125 Å². The molecule has 0 saturated heterocycles. The van der Waals surface area contributed by atoms with Gasteiger partial charge in [-0.25, -0.2) is 0 Å². The molecule has 0 amide bonds. The summed E-state index contributed by atoms with van der Waals surface area (Å²) < 4.78 is 30.3. The number of halogens is 3. The summed E-state index contributed by atoms with van der Waals surface area (Å²) in [5, 5.41) is 14.9. The van der Waals surface area contributed by atoms with Crippen LogP contribution < -0.4 is 4.74 Å². The van der Waals surface area contributed by atoms with Crippen LogP contribution in [0.2, 0.25) is 5.02 Å². The van der Waals surface area contributed by atoms with Gasteiger partial charge >= 0.3 is 6.61 Å². The molecule has 0 bridgehead atoms. The lowest BCUT2D eigenvalue weighted by molar-refractivity contribution is -0.0499. The van der Waals surface area contributed by atoms with Crippen LogP contribution in [0.5, 0.6) is 5.75 Å². The van der Waals surface area contributed by atoms with E-state index in [1.807, 2.05) is 0 Å². The predicted molar refractivity (Wildman–Crippen MR) is 74.7 cm³/mol. The van der Waals surface area contributed by atoms with Gasteiger partial charge in [-0.2, -0.15) is 13.9 Å². The number of aliphatic hydroxyl groups excluding tert-OH is 1. The highest BCUT2D eigenvalue weighted by atomic mass is 35.5. The first-order valence-corrected chi connectivity index (χ1v) is 6.67. The molecule has 0 radical (unpaired) electrons. The second-order valence-electron chi connectivity index (χ2n) is 4.64. The van der Waals surface area contributed by atoms with Crippen molar-refractivity contribution in [3.8, 4) is 5.75 Å². The number of hydrogen-bond acceptors (Lipinski definition) is 3. The van der Waals surface area contributed by atoms with Gasteiger partial charge in [-0.05, 0) is 24.6 Å². The van der Waals surface area contributed by atoms with E-state index in [9.17, 15) is 13.9 Å². The van der Waals surface area contributed by atoms with Gasteiger partial charge in [0.1, 0.15) is 5.75 Å². The number of hydrogen-bond donors (Lipinski definition) is 1. The number of benzene rings is 1. The summed E-state index contributed by atoms with van der Waals surface area (Å²) in [6.07, 6.45) is -0.660. The Hall–Kier alpha value is -1.66. The molecule has 0 spiro atoms. The molecule has 0 saturated carbocycles. The van der Waals surface area contributed by atoms with Crippen molar-refractivity contribution in [2.75, 3.05) is 0 Å². The van der Waals surface area contributed by atoms with Crippen molar-refractivity contribution in [1.29, 1.82) is 0 Å². The molecule has 1 aromatic carbocycles. The standard InChI is InChI=1S/C14H15ClF2N2O2/c1-8-13(15)11(19(2)18-8)7-12(20)9-4-3-5-10(6-9)21-14(16)17/h3-6,12,14,20H,7H2,1-2H3. The minimum atomic E-state index is -2.90. The van der Waals surface area contributed by atoms with E-state index in [1.165, 1.54) is 12.1 Å². The molecule has 1 unspecified atom stereocenters. The zero-order valence-electron chi connectivity index (χ0n) is 11.6. The van der Waals surface area contributed by atoms with Crippen molar-refractivity contribution in [3.63, 3.8) is 0 Å². The molecular formula is C14H15ClF2N2O2. The topological polar surface area (TPSA) is 47.3 Å². The number of aromatic nitrogens is 2. The first kappa shape index (κ1) is 15.7. The molecule has 0 aliphatic heterocycles. The summed E-state index contributed by atoms with van der Waals surface area (Å²) in [4.78, 5) is 0. The maximum atomic E-state index is 12.2. The summed E-state index contributed by atoms with van der Waals surface area (Å²) in [7, 11) is 1.73. The lowest BCUT2D eigenvalue weighted by Gasteiger charge is -2.13. The molecule has 1 aromatic heterocycles. The monoisotopic (exact) mass is 316 g/mol. The summed E-state index contributed by atoms with van der Waals surface area (Å²) in [5.41, 5.74) is 1.83. The SMILES string of the molecule is Cc1nn(C)c(CC(O)c2cccc(OC(F)F)c2)c1Cl. The van der Waals surface area contributed by atoms with Crippen molar-refractivity contribution in [2.24, 2.45) is 7.05 Å². The molecule has 2 rings (SSSR count). The number of ether oxygens (including phenoxy) is 1. The average Bonchev–Trinajstić information content (AvgIpc) is 2.65. The van der Waals surface area contributed by atoms with Gasteiger partial charge in [0.05, 0.1) is 22.5 Å². The minimum absolute atomic E-state index is 0.00818. The number of alkyl halides is 2. The highest BCUT2D eigenvalue weighted by Crippen LogP contribution is 2.27. The lowest BCUT2D eigenvalue weighted by Crippen LogP contribution is -2.08. The number of rotatable bonds is 5. The smallest absolute Gasteiger partial charge is 0.387 e. The van der Waals surface area contributed by atoms with Crippen LogP contribution in [0.4, 0.5) is 8.78 Å². The van der Waals surface area contributed by atoms with Gasteiger partial charge in [-0.3, -0.25) is 4.68 Å². The Morgan fingerprint density at radius 1 is 1.43 bits per heavy atom. The summed E-state index contributed by atoms with van der Waals surface area (Å²) in [5.74, 6) is 0.00818. The molecule has 2 aromatic rings. The van der Waals surface area contributed by atoms with Crippen molar-refractivity contribution >= 4 is 11.6 Å². The van der Waals surface area contributed by atoms with Gasteiger partial charge in [-0.15, -0.1) is 0 Å². The average molecular weight is 317 g/mol. The van der Waals surface area contributed by atoms with Crippen LogP contribution in [-0.4, -0.2) is 21.5 Å². The van der Waals surface area contributed by atoms with Gasteiger partial charge in [-0.1, -0.05) is 23.7 Å². The maximum Gasteiger partial charge on any atom is 0.387 e. The predicted octanol–water partition coefficient (Wildman–Crippen LogP) is 3.26. The molecule has 7 heteroatoms. The Bertz CT molecular complexity index is 631. The molecule has 0 aliphatic rings. The van der Waals surface area contributed by atoms with Crippen molar-refractivity contribution in [2.45, 2.75) is 26.1 Å². The van der Waals surface area contributed by atoms with Crippen LogP contribution in [-0.2, 0) is 13.5 Å². The molecule has 1 heterocycles. The first-order valence-electron chi connectivity index (χ1n) is 6.29. The van der Waals surface area contributed by atoms with Gasteiger partial charge in [0.2, 0.25) is 0 Å². The van der Waals surface area contributed by atoms with E-state index in [1.54, 1.807) is 30.8 Å². The van der Waals surface area contributed by atoms with Crippen molar-refractivity contribution in [1.82, 2.24) is 9.78 Å². The molecule has 1 atom stereocenters. The first-order chi connectivity index (χ1) is 9.88. The fourth-order valence-electron chi connectivity index (χ4n) is 2.10. The van der Waals surface area contributed by atoms with Crippen LogP contribution >= 0.6 is 11.6 Å². The lowest BCUT2D eigenvalue weighted by atomic mass is 10.0. The number of nitrogens with zero attached hydrogens (tertiary/aromatic N) is 2. The second kappa shape index (κ2) is 6.41. The Morgan fingerprint density at radius 3 is 2.71 bits per heavy atom.